The molecule has 1 amide bonds. The molecule has 4 nitrogen and oxygen atoms in total. The molecule has 7 heteroatoms. The zero-order valence-corrected chi connectivity index (χ0v) is 12.6. The standard InChI is InChI=1S/C17H13F3N2O2/c1-11(24-15-7-2-4-12(8-15)10-21)16(23)22-14-6-3-5-13(9-14)17(18,19)20/h2-9,11H,1H3,(H,22,23)/t11-/m0/s1. The van der Waals surface area contributed by atoms with Crippen molar-refractivity contribution in [3.63, 3.8) is 0 Å². The molecular formula is C17H13F3N2O2. The van der Waals surface area contributed by atoms with Crippen LogP contribution in [-0.2, 0) is 11.0 Å². The van der Waals surface area contributed by atoms with Crippen molar-refractivity contribution in [2.45, 2.75) is 19.2 Å². The highest BCUT2D eigenvalue weighted by molar-refractivity contribution is 5.94. The van der Waals surface area contributed by atoms with Gasteiger partial charge in [-0.25, -0.2) is 0 Å². The van der Waals surface area contributed by atoms with Gasteiger partial charge in [-0.1, -0.05) is 12.1 Å². The second-order valence-electron chi connectivity index (χ2n) is 4.97. The van der Waals surface area contributed by atoms with E-state index in [2.05, 4.69) is 5.32 Å². The van der Waals surface area contributed by atoms with Crippen LogP contribution in [-0.4, -0.2) is 12.0 Å². The van der Waals surface area contributed by atoms with Gasteiger partial charge in [0.1, 0.15) is 5.75 Å². The maximum atomic E-state index is 12.7. The largest absolute Gasteiger partial charge is 0.481 e. The molecule has 0 aliphatic heterocycles. The van der Waals surface area contributed by atoms with Crippen LogP contribution in [0.1, 0.15) is 18.1 Å². The number of amides is 1. The predicted molar refractivity (Wildman–Crippen MR) is 81.3 cm³/mol. The van der Waals surface area contributed by atoms with Gasteiger partial charge in [-0.2, -0.15) is 18.4 Å². The number of anilines is 1. The van der Waals surface area contributed by atoms with E-state index in [0.29, 0.717) is 11.3 Å². The summed E-state index contributed by atoms with van der Waals surface area (Å²) in [5.41, 5.74) is -0.454. The van der Waals surface area contributed by atoms with Crippen molar-refractivity contribution in [3.8, 4) is 11.8 Å². The lowest BCUT2D eigenvalue weighted by atomic mass is 10.2. The Morgan fingerprint density at radius 2 is 1.92 bits per heavy atom. The number of alkyl halides is 3. The summed E-state index contributed by atoms with van der Waals surface area (Å²) in [5.74, 6) is -0.280. The second-order valence-corrected chi connectivity index (χ2v) is 4.97. The molecule has 0 spiro atoms. The highest BCUT2D eigenvalue weighted by Gasteiger charge is 2.30. The summed E-state index contributed by atoms with van der Waals surface area (Å²) in [7, 11) is 0. The molecule has 2 aromatic carbocycles. The molecule has 0 radical (unpaired) electrons. The zero-order valence-electron chi connectivity index (χ0n) is 12.6. The van der Waals surface area contributed by atoms with Crippen molar-refractivity contribution in [3.05, 3.63) is 59.7 Å². The van der Waals surface area contributed by atoms with Gasteiger partial charge in [-0.05, 0) is 43.3 Å². The fourth-order valence-corrected chi connectivity index (χ4v) is 1.91. The molecule has 124 valence electrons. The number of hydrogen-bond donors (Lipinski definition) is 1. The van der Waals surface area contributed by atoms with Crippen molar-refractivity contribution < 1.29 is 22.7 Å². The molecule has 0 aromatic heterocycles. The fourth-order valence-electron chi connectivity index (χ4n) is 1.91. The Labute approximate surface area is 136 Å². The van der Waals surface area contributed by atoms with Crippen LogP contribution in [0, 0.1) is 11.3 Å². The van der Waals surface area contributed by atoms with Gasteiger partial charge < -0.3 is 10.1 Å². The fraction of sp³-hybridized carbons (Fsp3) is 0.176. The first-order chi connectivity index (χ1) is 11.3. The molecule has 0 bridgehead atoms. The summed E-state index contributed by atoms with van der Waals surface area (Å²) in [6.45, 7) is 1.46. The second kappa shape index (κ2) is 7.04. The van der Waals surface area contributed by atoms with Gasteiger partial charge >= 0.3 is 6.18 Å². The van der Waals surface area contributed by atoms with E-state index < -0.39 is 23.8 Å². The number of ether oxygens (including phenoxy) is 1. The van der Waals surface area contributed by atoms with Crippen LogP contribution in [0.4, 0.5) is 18.9 Å². The molecule has 2 rings (SSSR count). The Morgan fingerprint density at radius 1 is 1.21 bits per heavy atom. The van der Waals surface area contributed by atoms with Crippen LogP contribution in [0.2, 0.25) is 0 Å². The summed E-state index contributed by atoms with van der Waals surface area (Å²) < 4.78 is 43.4. The van der Waals surface area contributed by atoms with Gasteiger partial charge in [0.25, 0.3) is 5.91 Å². The molecule has 24 heavy (non-hydrogen) atoms. The average Bonchev–Trinajstić information content (AvgIpc) is 2.54. The molecule has 0 saturated heterocycles. The lowest BCUT2D eigenvalue weighted by molar-refractivity contribution is -0.137. The van der Waals surface area contributed by atoms with E-state index in [4.69, 9.17) is 10.00 Å². The molecule has 0 fully saturated rings. The van der Waals surface area contributed by atoms with Crippen LogP contribution < -0.4 is 10.1 Å². The van der Waals surface area contributed by atoms with Crippen LogP contribution in [0.25, 0.3) is 0 Å². The number of rotatable bonds is 4. The Morgan fingerprint density at radius 3 is 2.58 bits per heavy atom. The van der Waals surface area contributed by atoms with Gasteiger partial charge in [0, 0.05) is 5.69 Å². The first-order valence-electron chi connectivity index (χ1n) is 6.94. The van der Waals surface area contributed by atoms with E-state index >= 15 is 0 Å². The molecule has 0 unspecified atom stereocenters. The summed E-state index contributed by atoms with van der Waals surface area (Å²) in [4.78, 5) is 12.0. The maximum Gasteiger partial charge on any atom is 0.416 e. The number of hydrogen-bond acceptors (Lipinski definition) is 3. The predicted octanol–water partition coefficient (Wildman–Crippen LogP) is 3.98. The van der Waals surface area contributed by atoms with Gasteiger partial charge in [0.2, 0.25) is 0 Å². The number of carbonyl (C=O) groups is 1. The number of benzene rings is 2. The molecule has 2 aromatic rings. The van der Waals surface area contributed by atoms with E-state index in [1.165, 1.54) is 25.1 Å². The van der Waals surface area contributed by atoms with Crippen molar-refractivity contribution in [2.75, 3.05) is 5.32 Å². The molecule has 1 atom stereocenters. The SMILES string of the molecule is C[C@H](Oc1cccc(C#N)c1)C(=O)Nc1cccc(C(F)(F)F)c1. The third-order valence-corrected chi connectivity index (χ3v) is 3.10. The number of halogens is 3. The monoisotopic (exact) mass is 334 g/mol. The van der Waals surface area contributed by atoms with Crippen molar-refractivity contribution in [1.29, 1.82) is 5.26 Å². The van der Waals surface area contributed by atoms with E-state index in [1.807, 2.05) is 6.07 Å². The zero-order chi connectivity index (χ0) is 17.7. The van der Waals surface area contributed by atoms with Gasteiger partial charge in [-0.15, -0.1) is 0 Å². The highest BCUT2D eigenvalue weighted by atomic mass is 19.4. The third kappa shape index (κ3) is 4.49. The van der Waals surface area contributed by atoms with Crippen molar-refractivity contribution >= 4 is 11.6 Å². The van der Waals surface area contributed by atoms with E-state index in [0.717, 1.165) is 12.1 Å². The van der Waals surface area contributed by atoms with E-state index in [1.54, 1.807) is 18.2 Å². The normalized spacial score (nSPS) is 12.1. The number of nitrogens with zero attached hydrogens (tertiary/aromatic N) is 1. The minimum Gasteiger partial charge on any atom is -0.481 e. The molecule has 0 aliphatic carbocycles. The molecule has 0 saturated carbocycles. The van der Waals surface area contributed by atoms with Crippen molar-refractivity contribution in [2.24, 2.45) is 0 Å². The lowest BCUT2D eigenvalue weighted by Gasteiger charge is -2.15. The summed E-state index contributed by atoms with van der Waals surface area (Å²) in [5, 5.41) is 11.2. The van der Waals surface area contributed by atoms with Crippen molar-refractivity contribution in [1.82, 2.24) is 0 Å². The Bertz CT molecular complexity index is 782. The minimum atomic E-state index is -4.49. The minimum absolute atomic E-state index is 0.0241. The summed E-state index contributed by atoms with van der Waals surface area (Å²) >= 11 is 0. The average molecular weight is 334 g/mol. The highest BCUT2D eigenvalue weighted by Crippen LogP contribution is 2.30. The summed E-state index contributed by atoms with van der Waals surface area (Å²) in [6.07, 6.45) is -5.44. The number of nitrogens with one attached hydrogen (secondary N) is 1. The van der Waals surface area contributed by atoms with Crippen LogP contribution in [0.3, 0.4) is 0 Å². The van der Waals surface area contributed by atoms with Gasteiger partial charge in [-0.3, -0.25) is 4.79 Å². The van der Waals surface area contributed by atoms with E-state index in [-0.39, 0.29) is 5.69 Å². The van der Waals surface area contributed by atoms with Crippen LogP contribution in [0.5, 0.6) is 5.75 Å². The van der Waals surface area contributed by atoms with Gasteiger partial charge in [0.05, 0.1) is 17.2 Å². The van der Waals surface area contributed by atoms with E-state index in [9.17, 15) is 18.0 Å². The smallest absolute Gasteiger partial charge is 0.416 e. The summed E-state index contributed by atoms with van der Waals surface area (Å²) in [6, 6.07) is 12.5. The molecular weight excluding hydrogens is 321 g/mol. The lowest BCUT2D eigenvalue weighted by Crippen LogP contribution is -2.30. The first-order valence-corrected chi connectivity index (χ1v) is 6.94. The van der Waals surface area contributed by atoms with Crippen LogP contribution in [0.15, 0.2) is 48.5 Å². The maximum absolute atomic E-state index is 12.7. The topological polar surface area (TPSA) is 62.1 Å². The third-order valence-electron chi connectivity index (χ3n) is 3.10. The molecule has 1 N–H and O–H groups in total. The Hall–Kier alpha value is -3.01. The Balaban J connectivity index is 2.05. The Kier molecular flexibility index (Phi) is 5.09. The number of nitriles is 1. The van der Waals surface area contributed by atoms with Crippen LogP contribution >= 0.6 is 0 Å². The molecule has 0 aliphatic rings. The number of carbonyl (C=O) groups excluding carboxylic acids is 1. The first kappa shape index (κ1) is 17.3. The quantitative estimate of drug-likeness (QED) is 0.920. The molecule has 0 heterocycles. The van der Waals surface area contributed by atoms with Gasteiger partial charge in [0.15, 0.2) is 6.10 Å².